The van der Waals surface area contributed by atoms with E-state index in [0.717, 1.165) is 18.5 Å². The zero-order valence-electron chi connectivity index (χ0n) is 8.43. The molecular formula is C12H13N3. The number of anilines is 1. The largest absolute Gasteiger partial charge is 0.384 e. The van der Waals surface area contributed by atoms with Gasteiger partial charge in [0.25, 0.3) is 0 Å². The van der Waals surface area contributed by atoms with Gasteiger partial charge in [0.1, 0.15) is 12.1 Å². The van der Waals surface area contributed by atoms with E-state index >= 15 is 0 Å². The third-order valence-electron chi connectivity index (χ3n) is 2.26. The average Bonchev–Trinajstić information content (AvgIpc) is 2.28. The van der Waals surface area contributed by atoms with Crippen LogP contribution in [0.4, 0.5) is 5.82 Å². The number of rotatable bonds is 3. The molecule has 2 rings (SSSR count). The van der Waals surface area contributed by atoms with Crippen LogP contribution in [-0.2, 0) is 12.8 Å². The first-order valence-corrected chi connectivity index (χ1v) is 4.95. The molecule has 1 aromatic heterocycles. The van der Waals surface area contributed by atoms with Crippen molar-refractivity contribution in [3.63, 3.8) is 0 Å². The predicted octanol–water partition coefficient (Wildman–Crippen LogP) is 1.84. The van der Waals surface area contributed by atoms with Gasteiger partial charge in [-0.2, -0.15) is 0 Å². The highest BCUT2D eigenvalue weighted by Crippen LogP contribution is 2.06. The number of hydrogen-bond acceptors (Lipinski definition) is 3. The molecule has 0 radical (unpaired) electrons. The van der Waals surface area contributed by atoms with Gasteiger partial charge >= 0.3 is 0 Å². The van der Waals surface area contributed by atoms with Gasteiger partial charge in [-0.1, -0.05) is 30.3 Å². The lowest BCUT2D eigenvalue weighted by Crippen LogP contribution is -1.98. The summed E-state index contributed by atoms with van der Waals surface area (Å²) in [7, 11) is 0. The van der Waals surface area contributed by atoms with Gasteiger partial charge in [-0.25, -0.2) is 9.97 Å². The summed E-state index contributed by atoms with van der Waals surface area (Å²) < 4.78 is 0. The summed E-state index contributed by atoms with van der Waals surface area (Å²) in [4.78, 5) is 8.03. The highest BCUT2D eigenvalue weighted by molar-refractivity contribution is 5.28. The van der Waals surface area contributed by atoms with Crippen molar-refractivity contribution >= 4 is 5.82 Å². The van der Waals surface area contributed by atoms with Crippen LogP contribution in [0.5, 0.6) is 0 Å². The normalized spacial score (nSPS) is 10.1. The van der Waals surface area contributed by atoms with E-state index in [9.17, 15) is 0 Å². The van der Waals surface area contributed by atoms with E-state index in [1.54, 1.807) is 0 Å². The van der Waals surface area contributed by atoms with Gasteiger partial charge in [-0.05, 0) is 18.4 Å². The SMILES string of the molecule is Nc1cc(CCc2ccccc2)ncn1. The molecule has 2 aromatic rings. The summed E-state index contributed by atoms with van der Waals surface area (Å²) in [6.07, 6.45) is 3.39. The molecule has 2 N–H and O–H groups in total. The molecule has 0 aliphatic heterocycles. The molecule has 0 saturated carbocycles. The van der Waals surface area contributed by atoms with Crippen LogP contribution in [0.25, 0.3) is 0 Å². The molecular weight excluding hydrogens is 186 g/mol. The fraction of sp³-hybridized carbons (Fsp3) is 0.167. The Morgan fingerprint density at radius 2 is 1.80 bits per heavy atom. The van der Waals surface area contributed by atoms with E-state index in [0.29, 0.717) is 5.82 Å². The standard InChI is InChI=1S/C12H13N3/c13-12-8-11(14-9-15-12)7-6-10-4-2-1-3-5-10/h1-5,8-9H,6-7H2,(H2,13,14,15). The summed E-state index contributed by atoms with van der Waals surface area (Å²) in [6.45, 7) is 0. The van der Waals surface area contributed by atoms with Gasteiger partial charge in [0, 0.05) is 11.8 Å². The summed E-state index contributed by atoms with van der Waals surface area (Å²) in [6, 6.07) is 12.2. The highest BCUT2D eigenvalue weighted by Gasteiger charge is 1.97. The van der Waals surface area contributed by atoms with Crippen LogP contribution >= 0.6 is 0 Å². The Balaban J connectivity index is 1.99. The Labute approximate surface area is 89.0 Å². The van der Waals surface area contributed by atoms with Crippen LogP contribution in [0.3, 0.4) is 0 Å². The lowest BCUT2D eigenvalue weighted by atomic mass is 10.1. The van der Waals surface area contributed by atoms with Crippen molar-refractivity contribution in [2.45, 2.75) is 12.8 Å². The van der Waals surface area contributed by atoms with E-state index < -0.39 is 0 Å². The Kier molecular flexibility index (Phi) is 2.93. The van der Waals surface area contributed by atoms with Crippen molar-refractivity contribution in [1.29, 1.82) is 0 Å². The molecule has 0 aliphatic rings. The van der Waals surface area contributed by atoms with Gasteiger partial charge in [0.05, 0.1) is 0 Å². The number of nitrogens with zero attached hydrogens (tertiary/aromatic N) is 2. The monoisotopic (exact) mass is 199 g/mol. The number of nitrogen functional groups attached to an aromatic ring is 1. The molecule has 0 unspecified atom stereocenters. The quantitative estimate of drug-likeness (QED) is 0.820. The molecule has 0 aliphatic carbocycles. The number of aryl methyl sites for hydroxylation is 2. The molecule has 0 amide bonds. The highest BCUT2D eigenvalue weighted by atomic mass is 14.9. The number of benzene rings is 1. The van der Waals surface area contributed by atoms with Crippen molar-refractivity contribution in [2.24, 2.45) is 0 Å². The van der Waals surface area contributed by atoms with Crippen LogP contribution < -0.4 is 5.73 Å². The molecule has 76 valence electrons. The minimum atomic E-state index is 0.535. The molecule has 0 fully saturated rings. The summed E-state index contributed by atoms with van der Waals surface area (Å²) in [5.41, 5.74) is 7.88. The predicted molar refractivity (Wildman–Crippen MR) is 60.3 cm³/mol. The Morgan fingerprint density at radius 3 is 2.53 bits per heavy atom. The molecule has 0 bridgehead atoms. The van der Waals surface area contributed by atoms with E-state index in [1.807, 2.05) is 24.3 Å². The first-order valence-electron chi connectivity index (χ1n) is 4.95. The third kappa shape index (κ3) is 2.77. The Morgan fingerprint density at radius 1 is 1.00 bits per heavy atom. The van der Waals surface area contributed by atoms with E-state index in [2.05, 4.69) is 22.1 Å². The van der Waals surface area contributed by atoms with Crippen molar-refractivity contribution in [3.05, 3.63) is 54.0 Å². The second-order valence-electron chi connectivity index (χ2n) is 3.42. The van der Waals surface area contributed by atoms with Crippen LogP contribution in [0, 0.1) is 0 Å². The van der Waals surface area contributed by atoms with Crippen LogP contribution in [-0.4, -0.2) is 9.97 Å². The van der Waals surface area contributed by atoms with E-state index in [1.165, 1.54) is 11.9 Å². The van der Waals surface area contributed by atoms with E-state index in [4.69, 9.17) is 5.73 Å². The lowest BCUT2D eigenvalue weighted by molar-refractivity contribution is 0.902. The minimum absolute atomic E-state index is 0.535. The molecule has 0 saturated heterocycles. The van der Waals surface area contributed by atoms with Gasteiger partial charge in [0.15, 0.2) is 0 Å². The Bertz CT molecular complexity index is 426. The number of nitrogens with two attached hydrogens (primary N) is 1. The van der Waals surface area contributed by atoms with Crippen molar-refractivity contribution in [3.8, 4) is 0 Å². The first kappa shape index (κ1) is 9.65. The molecule has 1 heterocycles. The fourth-order valence-electron chi connectivity index (χ4n) is 1.47. The van der Waals surface area contributed by atoms with Crippen LogP contribution in [0.2, 0.25) is 0 Å². The summed E-state index contributed by atoms with van der Waals surface area (Å²) in [5, 5.41) is 0. The zero-order chi connectivity index (χ0) is 10.5. The number of aromatic nitrogens is 2. The van der Waals surface area contributed by atoms with Crippen molar-refractivity contribution in [1.82, 2.24) is 9.97 Å². The minimum Gasteiger partial charge on any atom is -0.384 e. The Hall–Kier alpha value is -1.90. The first-order chi connectivity index (χ1) is 7.34. The maximum atomic E-state index is 5.58. The van der Waals surface area contributed by atoms with Gasteiger partial charge in [-0.3, -0.25) is 0 Å². The van der Waals surface area contributed by atoms with Gasteiger partial charge in [0.2, 0.25) is 0 Å². The maximum Gasteiger partial charge on any atom is 0.126 e. The second kappa shape index (κ2) is 4.55. The summed E-state index contributed by atoms with van der Waals surface area (Å²) >= 11 is 0. The summed E-state index contributed by atoms with van der Waals surface area (Å²) in [5.74, 6) is 0.535. The molecule has 0 spiro atoms. The van der Waals surface area contributed by atoms with Crippen molar-refractivity contribution in [2.75, 3.05) is 5.73 Å². The fourth-order valence-corrected chi connectivity index (χ4v) is 1.47. The van der Waals surface area contributed by atoms with Gasteiger partial charge < -0.3 is 5.73 Å². The molecule has 1 aromatic carbocycles. The molecule has 15 heavy (non-hydrogen) atoms. The topological polar surface area (TPSA) is 51.8 Å². The van der Waals surface area contributed by atoms with Crippen LogP contribution in [0.1, 0.15) is 11.3 Å². The number of hydrogen-bond donors (Lipinski definition) is 1. The lowest BCUT2D eigenvalue weighted by Gasteiger charge is -2.01. The van der Waals surface area contributed by atoms with Gasteiger partial charge in [-0.15, -0.1) is 0 Å². The maximum absolute atomic E-state index is 5.58. The smallest absolute Gasteiger partial charge is 0.126 e. The van der Waals surface area contributed by atoms with E-state index in [-0.39, 0.29) is 0 Å². The molecule has 3 nitrogen and oxygen atoms in total. The zero-order valence-corrected chi connectivity index (χ0v) is 8.43. The van der Waals surface area contributed by atoms with Crippen molar-refractivity contribution < 1.29 is 0 Å². The second-order valence-corrected chi connectivity index (χ2v) is 3.42. The molecule has 3 heteroatoms. The van der Waals surface area contributed by atoms with Crippen LogP contribution in [0.15, 0.2) is 42.7 Å². The average molecular weight is 199 g/mol. The molecule has 0 atom stereocenters. The third-order valence-corrected chi connectivity index (χ3v) is 2.26.